The van der Waals surface area contributed by atoms with Crippen LogP contribution in [0.25, 0.3) is 0 Å². The van der Waals surface area contributed by atoms with Gasteiger partial charge in [-0.3, -0.25) is 4.79 Å². The fraction of sp³-hybridized carbons (Fsp3) is 0.955. The zero-order valence-electron chi connectivity index (χ0n) is 16.0. The van der Waals surface area contributed by atoms with Crippen LogP contribution in [0.3, 0.4) is 0 Å². The molecule has 0 aromatic rings. The van der Waals surface area contributed by atoms with Crippen molar-refractivity contribution in [3.63, 3.8) is 0 Å². The Morgan fingerprint density at radius 2 is 1.46 bits per heavy atom. The van der Waals surface area contributed by atoms with E-state index in [1.165, 1.54) is 83.5 Å². The molecular formula is C22H40O2. The summed E-state index contributed by atoms with van der Waals surface area (Å²) in [5, 5.41) is 9.87. The Kier molecular flexibility index (Phi) is 8.62. The third-order valence-electron chi connectivity index (χ3n) is 7.02. The quantitative estimate of drug-likeness (QED) is 0.437. The lowest BCUT2D eigenvalue weighted by Crippen LogP contribution is -2.42. The van der Waals surface area contributed by atoms with Gasteiger partial charge in [0.05, 0.1) is 5.41 Å². The molecule has 2 aliphatic carbocycles. The molecule has 0 amide bonds. The van der Waals surface area contributed by atoms with E-state index in [2.05, 4.69) is 6.92 Å². The molecule has 2 saturated carbocycles. The monoisotopic (exact) mass is 336 g/mol. The predicted molar refractivity (Wildman–Crippen MR) is 101 cm³/mol. The number of carbonyl (C=O) groups is 1. The van der Waals surface area contributed by atoms with E-state index in [1.807, 2.05) is 0 Å². The maximum absolute atomic E-state index is 12.0. The fourth-order valence-electron chi connectivity index (χ4n) is 5.37. The van der Waals surface area contributed by atoms with Gasteiger partial charge in [-0.2, -0.15) is 0 Å². The van der Waals surface area contributed by atoms with Gasteiger partial charge in [-0.15, -0.1) is 0 Å². The molecule has 0 atom stereocenters. The highest BCUT2D eigenvalue weighted by molar-refractivity contribution is 5.75. The zero-order chi connectivity index (χ0) is 17.3. The number of carboxylic acid groups (broad SMARTS) is 1. The summed E-state index contributed by atoms with van der Waals surface area (Å²) in [6, 6.07) is 0. The summed E-state index contributed by atoms with van der Waals surface area (Å²) in [6.07, 6.45) is 21.5. The Bertz CT molecular complexity index is 349. The summed E-state index contributed by atoms with van der Waals surface area (Å²) in [6.45, 7) is 2.28. The fourth-order valence-corrected chi connectivity index (χ4v) is 5.37. The van der Waals surface area contributed by atoms with Gasteiger partial charge in [-0.1, -0.05) is 90.4 Å². The van der Waals surface area contributed by atoms with E-state index in [9.17, 15) is 9.90 Å². The number of carboxylic acids is 1. The van der Waals surface area contributed by atoms with Crippen LogP contribution in [0.1, 0.15) is 116 Å². The number of unbranched alkanes of at least 4 members (excludes halogenated alkanes) is 6. The summed E-state index contributed by atoms with van der Waals surface area (Å²) in [5.41, 5.74) is -0.359. The number of aliphatic carboxylic acids is 1. The third kappa shape index (κ3) is 5.49. The number of rotatable bonds is 10. The van der Waals surface area contributed by atoms with E-state index in [1.54, 1.807) is 0 Å². The van der Waals surface area contributed by atoms with Crippen molar-refractivity contribution in [3.05, 3.63) is 0 Å². The first-order valence-electron chi connectivity index (χ1n) is 10.9. The minimum atomic E-state index is -0.488. The molecule has 140 valence electrons. The first-order valence-corrected chi connectivity index (χ1v) is 10.9. The summed E-state index contributed by atoms with van der Waals surface area (Å²) < 4.78 is 0. The third-order valence-corrected chi connectivity index (χ3v) is 7.02. The smallest absolute Gasteiger partial charge is 0.309 e. The average molecular weight is 337 g/mol. The molecule has 0 bridgehead atoms. The van der Waals surface area contributed by atoms with Crippen molar-refractivity contribution in [2.24, 2.45) is 17.3 Å². The second-order valence-corrected chi connectivity index (χ2v) is 8.65. The molecule has 24 heavy (non-hydrogen) atoms. The highest BCUT2D eigenvalue weighted by Crippen LogP contribution is 2.49. The molecule has 2 fully saturated rings. The molecule has 2 heteroatoms. The molecule has 0 radical (unpaired) electrons. The highest BCUT2D eigenvalue weighted by atomic mass is 16.4. The SMILES string of the molecule is CCCCCCCCCC1CCC(C2(C(=O)O)CCCCC2)CC1. The zero-order valence-corrected chi connectivity index (χ0v) is 16.0. The van der Waals surface area contributed by atoms with E-state index >= 15 is 0 Å². The van der Waals surface area contributed by atoms with Crippen LogP contribution >= 0.6 is 0 Å². The lowest BCUT2D eigenvalue weighted by Gasteiger charge is -2.43. The number of hydrogen-bond donors (Lipinski definition) is 1. The van der Waals surface area contributed by atoms with E-state index < -0.39 is 5.97 Å². The molecule has 0 spiro atoms. The second kappa shape index (κ2) is 10.5. The van der Waals surface area contributed by atoms with Gasteiger partial charge in [0, 0.05) is 0 Å². The van der Waals surface area contributed by atoms with Crippen LogP contribution in [0.2, 0.25) is 0 Å². The predicted octanol–water partition coefficient (Wildman–Crippen LogP) is 6.97. The van der Waals surface area contributed by atoms with Gasteiger partial charge in [0.15, 0.2) is 0 Å². The molecule has 0 aliphatic heterocycles. The Morgan fingerprint density at radius 3 is 2.04 bits per heavy atom. The van der Waals surface area contributed by atoms with Gasteiger partial charge in [0.25, 0.3) is 0 Å². The van der Waals surface area contributed by atoms with Gasteiger partial charge in [0.1, 0.15) is 0 Å². The average Bonchev–Trinajstić information content (AvgIpc) is 2.62. The highest BCUT2D eigenvalue weighted by Gasteiger charge is 2.46. The Morgan fingerprint density at radius 1 is 0.875 bits per heavy atom. The normalized spacial score (nSPS) is 27.0. The molecule has 2 aliphatic rings. The molecule has 2 rings (SSSR count). The minimum absolute atomic E-state index is 0.359. The lowest BCUT2D eigenvalue weighted by molar-refractivity contribution is -0.157. The summed E-state index contributed by atoms with van der Waals surface area (Å²) >= 11 is 0. The van der Waals surface area contributed by atoms with Crippen molar-refractivity contribution in [2.75, 3.05) is 0 Å². The van der Waals surface area contributed by atoms with Crippen LogP contribution in [0, 0.1) is 17.3 Å². The van der Waals surface area contributed by atoms with Crippen LogP contribution in [0.5, 0.6) is 0 Å². The van der Waals surface area contributed by atoms with Crippen molar-refractivity contribution in [1.29, 1.82) is 0 Å². The van der Waals surface area contributed by atoms with Crippen molar-refractivity contribution in [3.8, 4) is 0 Å². The summed E-state index contributed by atoms with van der Waals surface area (Å²) in [7, 11) is 0. The minimum Gasteiger partial charge on any atom is -0.481 e. The molecule has 0 aromatic heterocycles. The van der Waals surface area contributed by atoms with Gasteiger partial charge < -0.3 is 5.11 Å². The van der Waals surface area contributed by atoms with Gasteiger partial charge >= 0.3 is 5.97 Å². The molecule has 2 nitrogen and oxygen atoms in total. The van der Waals surface area contributed by atoms with Crippen molar-refractivity contribution < 1.29 is 9.90 Å². The first-order chi connectivity index (χ1) is 11.7. The lowest BCUT2D eigenvalue weighted by atomic mass is 9.60. The Balaban J connectivity index is 1.64. The van der Waals surface area contributed by atoms with Crippen LogP contribution in [-0.4, -0.2) is 11.1 Å². The van der Waals surface area contributed by atoms with Crippen LogP contribution in [0.15, 0.2) is 0 Å². The topological polar surface area (TPSA) is 37.3 Å². The van der Waals surface area contributed by atoms with Crippen molar-refractivity contribution in [2.45, 2.75) is 116 Å². The van der Waals surface area contributed by atoms with Gasteiger partial charge in [-0.05, 0) is 37.5 Å². The molecule has 0 unspecified atom stereocenters. The summed E-state index contributed by atoms with van der Waals surface area (Å²) in [5.74, 6) is 0.852. The number of hydrogen-bond acceptors (Lipinski definition) is 1. The van der Waals surface area contributed by atoms with Crippen molar-refractivity contribution in [1.82, 2.24) is 0 Å². The molecule has 0 heterocycles. The Hall–Kier alpha value is -0.530. The maximum atomic E-state index is 12.0. The first kappa shape index (κ1) is 19.8. The van der Waals surface area contributed by atoms with E-state index in [0.717, 1.165) is 31.6 Å². The van der Waals surface area contributed by atoms with Gasteiger partial charge in [-0.25, -0.2) is 0 Å². The largest absolute Gasteiger partial charge is 0.481 e. The molecule has 0 aromatic carbocycles. The van der Waals surface area contributed by atoms with Gasteiger partial charge in [0.2, 0.25) is 0 Å². The molecule has 1 N–H and O–H groups in total. The van der Waals surface area contributed by atoms with Crippen molar-refractivity contribution >= 4 is 5.97 Å². The second-order valence-electron chi connectivity index (χ2n) is 8.65. The van der Waals surface area contributed by atoms with Crippen LogP contribution in [-0.2, 0) is 4.79 Å². The maximum Gasteiger partial charge on any atom is 0.309 e. The molecular weight excluding hydrogens is 296 g/mol. The van der Waals surface area contributed by atoms with E-state index in [4.69, 9.17) is 0 Å². The molecule has 0 saturated heterocycles. The van der Waals surface area contributed by atoms with E-state index in [-0.39, 0.29) is 5.41 Å². The van der Waals surface area contributed by atoms with E-state index in [0.29, 0.717) is 5.92 Å². The van der Waals surface area contributed by atoms with Crippen LogP contribution in [0.4, 0.5) is 0 Å². The van der Waals surface area contributed by atoms with Crippen LogP contribution < -0.4 is 0 Å². The standard InChI is InChI=1S/C22H40O2/c1-2-3-4-5-6-7-9-12-19-13-15-20(16-14-19)22(21(23)24)17-10-8-11-18-22/h19-20H,2-18H2,1H3,(H,23,24). The Labute approximate surface area is 149 Å². The summed E-state index contributed by atoms with van der Waals surface area (Å²) in [4.78, 5) is 12.0.